The van der Waals surface area contributed by atoms with E-state index in [9.17, 15) is 0 Å². The van der Waals surface area contributed by atoms with Gasteiger partial charge in [-0.1, -0.05) is 26.0 Å². The molecule has 0 spiro atoms. The van der Waals surface area contributed by atoms with Gasteiger partial charge in [-0.15, -0.1) is 0 Å². The van der Waals surface area contributed by atoms with E-state index in [2.05, 4.69) is 51.9 Å². The fourth-order valence-corrected chi connectivity index (χ4v) is 4.52. The lowest BCUT2D eigenvalue weighted by atomic mass is 9.96. The second kappa shape index (κ2) is 12.1. The lowest BCUT2D eigenvalue weighted by Crippen LogP contribution is -2.44. The first-order valence-electron chi connectivity index (χ1n) is 11.5. The zero-order chi connectivity index (χ0) is 22.1. The van der Waals surface area contributed by atoms with Crippen LogP contribution in [0, 0.1) is 0 Å². The van der Waals surface area contributed by atoms with Crippen molar-refractivity contribution in [2.24, 2.45) is 0 Å². The van der Waals surface area contributed by atoms with Crippen LogP contribution in [0.2, 0.25) is 0 Å². The van der Waals surface area contributed by atoms with Gasteiger partial charge in [0.2, 0.25) is 0 Å². The Hall–Kier alpha value is -2.12. The molecular weight excluding hydrogens is 406 g/mol. The third-order valence-electron chi connectivity index (χ3n) is 6.23. The van der Waals surface area contributed by atoms with E-state index in [-0.39, 0.29) is 0 Å². The number of methoxy groups -OCH3 is 1. The van der Waals surface area contributed by atoms with Crippen LogP contribution in [0.4, 0.5) is 0 Å². The van der Waals surface area contributed by atoms with Crippen LogP contribution in [0.25, 0.3) is 0 Å². The number of nitrogens with one attached hydrogen (secondary N) is 1. The summed E-state index contributed by atoms with van der Waals surface area (Å²) >= 11 is 5.65. The molecule has 7 heteroatoms. The predicted molar refractivity (Wildman–Crippen MR) is 131 cm³/mol. The van der Waals surface area contributed by atoms with Gasteiger partial charge in [0.1, 0.15) is 11.6 Å². The molecule has 0 radical (unpaired) electrons. The van der Waals surface area contributed by atoms with Crippen molar-refractivity contribution >= 4 is 17.3 Å². The number of thiocarbonyl (C=S) groups is 1. The summed E-state index contributed by atoms with van der Waals surface area (Å²) in [5, 5.41) is 4.36. The summed E-state index contributed by atoms with van der Waals surface area (Å²) < 4.78 is 7.55. The lowest BCUT2D eigenvalue weighted by molar-refractivity contribution is 0.291. The van der Waals surface area contributed by atoms with Crippen molar-refractivity contribution in [2.45, 2.75) is 45.6 Å². The Bertz CT molecular complexity index is 795. The van der Waals surface area contributed by atoms with Gasteiger partial charge in [-0.25, -0.2) is 4.98 Å². The van der Waals surface area contributed by atoms with Gasteiger partial charge in [0, 0.05) is 44.5 Å². The Morgan fingerprint density at radius 3 is 2.55 bits per heavy atom. The van der Waals surface area contributed by atoms with Crippen molar-refractivity contribution < 1.29 is 4.74 Å². The van der Waals surface area contributed by atoms with Crippen LogP contribution < -0.4 is 10.1 Å². The maximum Gasteiger partial charge on any atom is 0.168 e. The molecule has 0 aliphatic carbocycles. The molecule has 1 N–H and O–H groups in total. The average molecular weight is 444 g/mol. The Morgan fingerprint density at radius 2 is 1.90 bits per heavy atom. The monoisotopic (exact) mass is 443 g/mol. The Morgan fingerprint density at radius 1 is 1.19 bits per heavy atom. The average Bonchev–Trinajstić information content (AvgIpc) is 3.27. The molecule has 1 aromatic heterocycles. The van der Waals surface area contributed by atoms with Gasteiger partial charge in [0.15, 0.2) is 5.11 Å². The number of rotatable bonds is 10. The Labute approximate surface area is 192 Å². The van der Waals surface area contributed by atoms with E-state index in [1.165, 1.54) is 11.4 Å². The molecule has 1 aromatic carbocycles. The summed E-state index contributed by atoms with van der Waals surface area (Å²) in [6.45, 7) is 11.5. The number of hydrogen-bond donors (Lipinski definition) is 1. The van der Waals surface area contributed by atoms with E-state index < -0.39 is 0 Å². The molecule has 2 heterocycles. The molecule has 31 heavy (non-hydrogen) atoms. The molecule has 6 nitrogen and oxygen atoms in total. The predicted octanol–water partition coefficient (Wildman–Crippen LogP) is 3.73. The van der Waals surface area contributed by atoms with Gasteiger partial charge in [0.05, 0.1) is 7.11 Å². The van der Waals surface area contributed by atoms with E-state index >= 15 is 0 Å². The van der Waals surface area contributed by atoms with Gasteiger partial charge in [-0.3, -0.25) is 0 Å². The molecule has 1 aliphatic heterocycles. The van der Waals surface area contributed by atoms with Gasteiger partial charge >= 0.3 is 0 Å². The number of aromatic nitrogens is 2. The zero-order valence-electron chi connectivity index (χ0n) is 19.2. The minimum absolute atomic E-state index is 0.481. The summed E-state index contributed by atoms with van der Waals surface area (Å²) in [5.41, 5.74) is 1.26. The summed E-state index contributed by atoms with van der Waals surface area (Å²) in [6, 6.07) is 8.27. The van der Waals surface area contributed by atoms with Crippen LogP contribution >= 0.6 is 12.2 Å². The van der Waals surface area contributed by atoms with Gasteiger partial charge in [0.25, 0.3) is 0 Å². The molecule has 0 atom stereocenters. The highest BCUT2D eigenvalue weighted by Crippen LogP contribution is 2.27. The highest BCUT2D eigenvalue weighted by atomic mass is 32.1. The topological polar surface area (TPSA) is 45.6 Å². The van der Waals surface area contributed by atoms with Crippen LogP contribution in [0.5, 0.6) is 5.75 Å². The summed E-state index contributed by atoms with van der Waals surface area (Å²) in [7, 11) is 1.70. The van der Waals surface area contributed by atoms with Crippen LogP contribution in [0.15, 0.2) is 36.7 Å². The second-order valence-corrected chi connectivity index (χ2v) is 8.52. The number of likely N-dealkylation sites (tertiary alicyclic amines) is 1. The van der Waals surface area contributed by atoms with E-state index in [1.54, 1.807) is 7.11 Å². The molecule has 1 fully saturated rings. The number of nitrogens with zero attached hydrogens (tertiary/aromatic N) is 4. The SMILES string of the molecule is CCN(CC)CCCNC(=S)N1CCC(c2nccn2Cc2ccc(OC)cc2)CC1. The highest BCUT2D eigenvalue weighted by molar-refractivity contribution is 7.80. The Balaban J connectivity index is 1.45. The van der Waals surface area contributed by atoms with Crippen molar-refractivity contribution in [1.29, 1.82) is 0 Å². The first-order valence-corrected chi connectivity index (χ1v) is 11.9. The number of hydrogen-bond acceptors (Lipinski definition) is 4. The number of piperidine rings is 1. The second-order valence-electron chi connectivity index (χ2n) is 8.14. The van der Waals surface area contributed by atoms with E-state index in [0.717, 1.165) is 75.9 Å². The number of ether oxygens (including phenoxy) is 1. The molecule has 2 aromatic rings. The van der Waals surface area contributed by atoms with Crippen LogP contribution in [0.3, 0.4) is 0 Å². The largest absolute Gasteiger partial charge is 0.497 e. The molecule has 1 aliphatic rings. The zero-order valence-corrected chi connectivity index (χ0v) is 20.0. The van der Waals surface area contributed by atoms with Crippen molar-refractivity contribution in [3.63, 3.8) is 0 Å². The van der Waals surface area contributed by atoms with E-state index in [0.29, 0.717) is 5.92 Å². The minimum atomic E-state index is 0.481. The number of benzene rings is 1. The van der Waals surface area contributed by atoms with E-state index in [4.69, 9.17) is 21.9 Å². The molecule has 3 rings (SSSR count). The van der Waals surface area contributed by atoms with Gasteiger partial charge < -0.3 is 24.4 Å². The van der Waals surface area contributed by atoms with Gasteiger partial charge in [-0.05, 0) is 68.8 Å². The van der Waals surface area contributed by atoms with Crippen LogP contribution in [0.1, 0.15) is 50.4 Å². The van der Waals surface area contributed by atoms with Crippen molar-refractivity contribution in [1.82, 2.24) is 24.7 Å². The van der Waals surface area contributed by atoms with Crippen molar-refractivity contribution in [3.05, 3.63) is 48.0 Å². The first kappa shape index (κ1) is 23.5. The fraction of sp³-hybridized carbons (Fsp3) is 0.583. The highest BCUT2D eigenvalue weighted by Gasteiger charge is 2.25. The standard InChI is InChI=1S/C24H37N5OS/c1-4-27(5-2)15-6-13-26-24(31)28-16-11-21(12-17-28)23-25-14-18-29(23)19-20-7-9-22(30-3)10-8-20/h7-10,14,18,21H,4-6,11-13,15-17,19H2,1-3H3,(H,26,31). The summed E-state index contributed by atoms with van der Waals surface area (Å²) in [6.07, 6.45) is 7.31. The molecule has 0 unspecified atom stereocenters. The third-order valence-corrected chi connectivity index (χ3v) is 6.63. The first-order chi connectivity index (χ1) is 15.1. The molecular formula is C24H37N5OS. The summed E-state index contributed by atoms with van der Waals surface area (Å²) in [4.78, 5) is 9.47. The smallest absolute Gasteiger partial charge is 0.168 e. The quantitative estimate of drug-likeness (QED) is 0.446. The number of imidazole rings is 1. The summed E-state index contributed by atoms with van der Waals surface area (Å²) in [5.74, 6) is 2.56. The normalized spacial score (nSPS) is 14.8. The molecule has 0 amide bonds. The van der Waals surface area contributed by atoms with Crippen molar-refractivity contribution in [2.75, 3.05) is 46.4 Å². The maximum absolute atomic E-state index is 5.65. The molecule has 1 saturated heterocycles. The minimum Gasteiger partial charge on any atom is -0.497 e. The van der Waals surface area contributed by atoms with Crippen LogP contribution in [-0.2, 0) is 6.54 Å². The molecule has 0 saturated carbocycles. The molecule has 170 valence electrons. The fourth-order valence-electron chi connectivity index (χ4n) is 4.23. The molecule has 0 bridgehead atoms. The van der Waals surface area contributed by atoms with Crippen LogP contribution in [-0.4, -0.2) is 70.8 Å². The third kappa shape index (κ3) is 6.68. The van der Waals surface area contributed by atoms with E-state index in [1.807, 2.05) is 18.3 Å². The maximum atomic E-state index is 5.65. The Kier molecular flexibility index (Phi) is 9.15. The van der Waals surface area contributed by atoms with Gasteiger partial charge in [-0.2, -0.15) is 0 Å². The lowest BCUT2D eigenvalue weighted by Gasteiger charge is -2.34. The van der Waals surface area contributed by atoms with Crippen molar-refractivity contribution in [3.8, 4) is 5.75 Å².